The normalized spacial score (nSPS) is 22.8. The monoisotopic (exact) mass is 413 g/mol. The molecule has 3 amide bonds. The summed E-state index contributed by atoms with van der Waals surface area (Å²) in [4.78, 5) is 40.3. The minimum atomic E-state index is -0.571. The second-order valence-electron chi connectivity index (χ2n) is 8.19. The molecule has 2 aliphatic heterocycles. The van der Waals surface area contributed by atoms with E-state index in [0.717, 1.165) is 16.3 Å². The maximum absolute atomic E-state index is 13.0. The van der Waals surface area contributed by atoms with Gasteiger partial charge in [-0.05, 0) is 28.8 Å². The Morgan fingerprint density at radius 1 is 0.968 bits per heavy atom. The average molecular weight is 413 g/mol. The zero-order valence-corrected chi connectivity index (χ0v) is 17.0. The molecule has 0 spiro atoms. The van der Waals surface area contributed by atoms with Gasteiger partial charge in [0.15, 0.2) is 0 Å². The Balaban J connectivity index is 1.30. The molecule has 2 aliphatic rings. The van der Waals surface area contributed by atoms with E-state index in [0.29, 0.717) is 24.9 Å². The first-order chi connectivity index (χ1) is 15.1. The van der Waals surface area contributed by atoms with Crippen molar-refractivity contribution < 1.29 is 14.4 Å². The number of nitrogens with zero attached hydrogens (tertiary/aromatic N) is 1. The Hall–Kier alpha value is -3.67. The summed E-state index contributed by atoms with van der Waals surface area (Å²) in [5, 5.41) is 7.79. The molecule has 3 aromatic rings. The molecule has 6 nitrogen and oxygen atoms in total. The van der Waals surface area contributed by atoms with Crippen molar-refractivity contribution in [1.29, 1.82) is 0 Å². The first-order valence-corrected chi connectivity index (χ1v) is 10.5. The number of rotatable bonds is 4. The number of fused-ring (bicyclic) bond motifs is 2. The van der Waals surface area contributed by atoms with Gasteiger partial charge in [-0.15, -0.1) is 0 Å². The molecule has 156 valence electrons. The number of carbonyl (C=O) groups is 3. The van der Waals surface area contributed by atoms with Crippen LogP contribution in [0.3, 0.4) is 0 Å². The van der Waals surface area contributed by atoms with Crippen LogP contribution in [0.5, 0.6) is 0 Å². The van der Waals surface area contributed by atoms with E-state index in [2.05, 4.69) is 10.6 Å². The number of nitrogens with one attached hydrogen (secondary N) is 2. The lowest BCUT2D eigenvalue weighted by atomic mass is 10.0. The fourth-order valence-corrected chi connectivity index (χ4v) is 4.64. The predicted octanol–water partition coefficient (Wildman–Crippen LogP) is 2.28. The fraction of sp³-hybridized carbons (Fsp3) is 0.240. The van der Waals surface area contributed by atoms with E-state index >= 15 is 0 Å². The van der Waals surface area contributed by atoms with Gasteiger partial charge in [0, 0.05) is 24.6 Å². The first-order valence-electron chi connectivity index (χ1n) is 10.5. The molecule has 2 heterocycles. The third kappa shape index (κ3) is 3.65. The van der Waals surface area contributed by atoms with Crippen LogP contribution in [-0.4, -0.2) is 47.3 Å². The van der Waals surface area contributed by atoms with Crippen LogP contribution in [0.1, 0.15) is 22.3 Å². The van der Waals surface area contributed by atoms with E-state index in [4.69, 9.17) is 0 Å². The van der Waals surface area contributed by atoms with Crippen LogP contribution in [0, 0.1) is 0 Å². The van der Waals surface area contributed by atoms with Gasteiger partial charge in [-0.1, -0.05) is 66.7 Å². The largest absolute Gasteiger partial charge is 0.347 e. The van der Waals surface area contributed by atoms with E-state index in [1.807, 2.05) is 66.7 Å². The van der Waals surface area contributed by atoms with Gasteiger partial charge in [0.05, 0.1) is 0 Å². The van der Waals surface area contributed by atoms with Crippen LogP contribution < -0.4 is 10.6 Å². The maximum Gasteiger partial charge on any atom is 0.252 e. The highest BCUT2D eigenvalue weighted by Gasteiger charge is 2.46. The maximum atomic E-state index is 13.0. The summed E-state index contributed by atoms with van der Waals surface area (Å²) in [7, 11) is 0. The number of carbonyl (C=O) groups excluding carboxylic acids is 3. The summed E-state index contributed by atoms with van der Waals surface area (Å²) in [6.07, 6.45) is 0.883. The number of hydrogen-bond acceptors (Lipinski definition) is 3. The van der Waals surface area contributed by atoms with Crippen molar-refractivity contribution in [3.05, 3.63) is 83.9 Å². The minimum absolute atomic E-state index is 0.0876. The van der Waals surface area contributed by atoms with Crippen molar-refractivity contribution in [3.63, 3.8) is 0 Å². The lowest BCUT2D eigenvalue weighted by Crippen LogP contribution is -2.61. The number of benzene rings is 3. The van der Waals surface area contributed by atoms with E-state index in [9.17, 15) is 14.4 Å². The Morgan fingerprint density at radius 2 is 1.71 bits per heavy atom. The van der Waals surface area contributed by atoms with Gasteiger partial charge in [-0.2, -0.15) is 0 Å². The third-order valence-corrected chi connectivity index (χ3v) is 6.15. The van der Waals surface area contributed by atoms with E-state index in [1.165, 1.54) is 0 Å². The van der Waals surface area contributed by atoms with Crippen molar-refractivity contribution in [1.82, 2.24) is 15.5 Å². The number of piperazine rings is 1. The molecular weight excluding hydrogens is 390 g/mol. The topological polar surface area (TPSA) is 78.5 Å². The predicted molar refractivity (Wildman–Crippen MR) is 117 cm³/mol. The van der Waals surface area contributed by atoms with Crippen molar-refractivity contribution >= 4 is 28.5 Å². The van der Waals surface area contributed by atoms with Crippen molar-refractivity contribution in [3.8, 4) is 0 Å². The van der Waals surface area contributed by atoms with Crippen LogP contribution in [0.2, 0.25) is 0 Å². The first kappa shape index (κ1) is 19.3. The Kier molecular flexibility index (Phi) is 4.90. The van der Waals surface area contributed by atoms with Gasteiger partial charge >= 0.3 is 0 Å². The zero-order chi connectivity index (χ0) is 21.4. The van der Waals surface area contributed by atoms with E-state index < -0.39 is 12.1 Å². The Bertz CT molecular complexity index is 1160. The third-order valence-electron chi connectivity index (χ3n) is 6.15. The zero-order valence-electron chi connectivity index (χ0n) is 17.0. The van der Waals surface area contributed by atoms with Crippen LogP contribution in [0.15, 0.2) is 72.8 Å². The van der Waals surface area contributed by atoms with Gasteiger partial charge < -0.3 is 15.5 Å². The standard InChI is InChI=1S/C25H23N3O3/c29-23(20-12-6-10-17-9-4-5-11-19(17)20)26-18-14-22-24(30)27-21(25(31)28(22)15-18)13-16-7-2-1-3-8-16/h1-12,18,21-22H,13-15H2,(H,26,29)(H,27,30)/t18-,21+,22-/m0/s1. The fourth-order valence-electron chi connectivity index (χ4n) is 4.64. The van der Waals surface area contributed by atoms with Gasteiger partial charge in [-0.25, -0.2) is 0 Å². The Labute approximate surface area is 180 Å². The summed E-state index contributed by atoms with van der Waals surface area (Å²) >= 11 is 0. The molecule has 0 aliphatic carbocycles. The Morgan fingerprint density at radius 3 is 2.55 bits per heavy atom. The molecule has 0 radical (unpaired) electrons. The van der Waals surface area contributed by atoms with Crippen LogP contribution >= 0.6 is 0 Å². The number of amides is 3. The quantitative estimate of drug-likeness (QED) is 0.689. The van der Waals surface area contributed by atoms with Crippen molar-refractivity contribution in [2.45, 2.75) is 31.0 Å². The molecule has 31 heavy (non-hydrogen) atoms. The molecule has 0 saturated carbocycles. The highest BCUT2D eigenvalue weighted by Crippen LogP contribution is 2.25. The molecule has 0 bridgehead atoms. The molecule has 2 fully saturated rings. The van der Waals surface area contributed by atoms with Gasteiger partial charge in [0.1, 0.15) is 12.1 Å². The lowest BCUT2D eigenvalue weighted by Gasteiger charge is -2.34. The summed E-state index contributed by atoms with van der Waals surface area (Å²) < 4.78 is 0. The number of hydrogen-bond donors (Lipinski definition) is 2. The molecule has 6 heteroatoms. The van der Waals surface area contributed by atoms with Crippen molar-refractivity contribution in [2.24, 2.45) is 0 Å². The van der Waals surface area contributed by atoms with E-state index in [1.54, 1.807) is 11.0 Å². The average Bonchev–Trinajstić information content (AvgIpc) is 3.22. The van der Waals surface area contributed by atoms with Gasteiger partial charge in [-0.3, -0.25) is 14.4 Å². The molecule has 0 unspecified atom stereocenters. The van der Waals surface area contributed by atoms with Gasteiger partial charge in [0.2, 0.25) is 11.8 Å². The smallest absolute Gasteiger partial charge is 0.252 e. The molecule has 3 atom stereocenters. The molecule has 2 saturated heterocycles. The summed E-state index contributed by atoms with van der Waals surface area (Å²) in [6, 6.07) is 21.7. The molecular formula is C25H23N3O3. The highest BCUT2D eigenvalue weighted by atomic mass is 16.2. The molecule has 2 N–H and O–H groups in total. The molecule has 0 aromatic heterocycles. The summed E-state index contributed by atoms with van der Waals surface area (Å²) in [5.41, 5.74) is 1.60. The van der Waals surface area contributed by atoms with Crippen LogP contribution in [0.25, 0.3) is 10.8 Å². The molecule has 5 rings (SSSR count). The molecule has 3 aromatic carbocycles. The van der Waals surface area contributed by atoms with Crippen LogP contribution in [0.4, 0.5) is 0 Å². The summed E-state index contributed by atoms with van der Waals surface area (Å²) in [5.74, 6) is -0.423. The second kappa shape index (κ2) is 7.87. The SMILES string of the molecule is O=C(N[C@H]1C[C@H]2C(=O)N[C@H](Cc3ccccc3)C(=O)N2C1)c1cccc2ccccc12. The highest BCUT2D eigenvalue weighted by molar-refractivity contribution is 6.07. The minimum Gasteiger partial charge on any atom is -0.347 e. The van der Waals surface area contributed by atoms with Crippen LogP contribution in [-0.2, 0) is 16.0 Å². The summed E-state index contributed by atoms with van der Waals surface area (Å²) in [6.45, 7) is 0.346. The second-order valence-corrected chi connectivity index (χ2v) is 8.19. The van der Waals surface area contributed by atoms with E-state index in [-0.39, 0.29) is 23.8 Å². The lowest BCUT2D eigenvalue weighted by molar-refractivity contribution is -0.147. The van der Waals surface area contributed by atoms with Crippen molar-refractivity contribution in [2.75, 3.05) is 6.54 Å². The van der Waals surface area contributed by atoms with Gasteiger partial charge in [0.25, 0.3) is 5.91 Å².